The zero-order valence-electron chi connectivity index (χ0n) is 12.3. The predicted molar refractivity (Wildman–Crippen MR) is 81.6 cm³/mol. The van der Waals surface area contributed by atoms with Crippen LogP contribution in [0.2, 0.25) is 5.02 Å². The SMILES string of the molecule is Cc1ccc(Oc2c(CC(C)N)c(C)nn2C)c(Cl)c1. The van der Waals surface area contributed by atoms with E-state index in [2.05, 4.69) is 5.10 Å². The van der Waals surface area contributed by atoms with Crippen molar-refractivity contribution < 1.29 is 4.74 Å². The van der Waals surface area contributed by atoms with E-state index < -0.39 is 0 Å². The third-order valence-corrected chi connectivity index (χ3v) is 3.40. The number of hydrogen-bond donors (Lipinski definition) is 1. The number of hydrogen-bond acceptors (Lipinski definition) is 3. The fourth-order valence-electron chi connectivity index (χ4n) is 2.16. The lowest BCUT2D eigenvalue weighted by atomic mass is 10.1. The van der Waals surface area contributed by atoms with Gasteiger partial charge in [0.15, 0.2) is 0 Å². The Morgan fingerprint density at radius 3 is 2.70 bits per heavy atom. The molecule has 1 atom stereocenters. The first-order valence-corrected chi connectivity index (χ1v) is 6.98. The number of benzene rings is 1. The summed E-state index contributed by atoms with van der Waals surface area (Å²) in [6, 6.07) is 5.77. The van der Waals surface area contributed by atoms with E-state index in [1.807, 2.05) is 46.0 Å². The van der Waals surface area contributed by atoms with Gasteiger partial charge in [-0.3, -0.25) is 0 Å². The first-order chi connectivity index (χ1) is 9.38. The van der Waals surface area contributed by atoms with Crippen LogP contribution in [0, 0.1) is 13.8 Å². The van der Waals surface area contributed by atoms with E-state index in [4.69, 9.17) is 22.1 Å². The molecular weight excluding hydrogens is 274 g/mol. The van der Waals surface area contributed by atoms with Crippen molar-refractivity contribution in [2.45, 2.75) is 33.2 Å². The van der Waals surface area contributed by atoms with Gasteiger partial charge in [-0.15, -0.1) is 0 Å². The molecule has 0 bridgehead atoms. The van der Waals surface area contributed by atoms with E-state index in [1.165, 1.54) is 0 Å². The molecule has 108 valence electrons. The molecule has 20 heavy (non-hydrogen) atoms. The maximum absolute atomic E-state index is 6.22. The van der Waals surface area contributed by atoms with Gasteiger partial charge in [-0.1, -0.05) is 17.7 Å². The summed E-state index contributed by atoms with van der Waals surface area (Å²) < 4.78 is 7.69. The summed E-state index contributed by atoms with van der Waals surface area (Å²) in [6.45, 7) is 5.92. The fraction of sp³-hybridized carbons (Fsp3) is 0.400. The highest BCUT2D eigenvalue weighted by molar-refractivity contribution is 6.32. The summed E-state index contributed by atoms with van der Waals surface area (Å²) in [7, 11) is 1.86. The highest BCUT2D eigenvalue weighted by Gasteiger charge is 2.17. The quantitative estimate of drug-likeness (QED) is 0.940. The van der Waals surface area contributed by atoms with Gasteiger partial charge in [0, 0.05) is 18.7 Å². The Hall–Kier alpha value is -1.52. The van der Waals surface area contributed by atoms with Gasteiger partial charge in [0.05, 0.1) is 10.7 Å². The smallest absolute Gasteiger partial charge is 0.221 e. The van der Waals surface area contributed by atoms with E-state index in [-0.39, 0.29) is 6.04 Å². The van der Waals surface area contributed by atoms with Gasteiger partial charge in [-0.05, 0) is 44.9 Å². The maximum Gasteiger partial charge on any atom is 0.221 e. The standard InChI is InChI=1S/C15H20ClN3O/c1-9-5-6-14(13(16)7-9)20-15-12(8-10(2)17)11(3)18-19(15)4/h5-7,10H,8,17H2,1-4H3. The molecule has 5 heteroatoms. The molecule has 1 aromatic carbocycles. The fourth-order valence-corrected chi connectivity index (χ4v) is 2.43. The molecule has 2 aromatic rings. The molecule has 2 N–H and O–H groups in total. The lowest BCUT2D eigenvalue weighted by Gasteiger charge is -2.12. The van der Waals surface area contributed by atoms with Crippen molar-refractivity contribution >= 4 is 11.6 Å². The summed E-state index contributed by atoms with van der Waals surface area (Å²) in [5, 5.41) is 4.99. The molecule has 0 radical (unpaired) electrons. The van der Waals surface area contributed by atoms with Crippen LogP contribution < -0.4 is 10.5 Å². The van der Waals surface area contributed by atoms with Gasteiger partial charge >= 0.3 is 0 Å². The van der Waals surface area contributed by atoms with Crippen molar-refractivity contribution in [3.63, 3.8) is 0 Å². The first-order valence-electron chi connectivity index (χ1n) is 6.60. The second-order valence-corrected chi connectivity index (χ2v) is 5.62. The van der Waals surface area contributed by atoms with E-state index in [0.717, 1.165) is 23.2 Å². The number of aryl methyl sites for hydroxylation is 3. The molecule has 1 heterocycles. The number of aromatic nitrogens is 2. The van der Waals surface area contributed by atoms with Crippen molar-refractivity contribution in [3.05, 3.63) is 40.0 Å². The van der Waals surface area contributed by atoms with Gasteiger partial charge in [0.1, 0.15) is 5.75 Å². The molecule has 0 amide bonds. The van der Waals surface area contributed by atoms with Crippen molar-refractivity contribution in [3.8, 4) is 11.6 Å². The molecule has 2 rings (SSSR count). The monoisotopic (exact) mass is 293 g/mol. The largest absolute Gasteiger partial charge is 0.437 e. The second kappa shape index (κ2) is 5.85. The van der Waals surface area contributed by atoms with Gasteiger partial charge in [-0.25, -0.2) is 4.68 Å². The molecule has 4 nitrogen and oxygen atoms in total. The molecule has 1 aromatic heterocycles. The highest BCUT2D eigenvalue weighted by Crippen LogP contribution is 2.33. The van der Waals surface area contributed by atoms with Crippen molar-refractivity contribution in [1.29, 1.82) is 0 Å². The summed E-state index contributed by atoms with van der Waals surface area (Å²) in [4.78, 5) is 0. The molecule has 0 aliphatic heterocycles. The van der Waals surface area contributed by atoms with Crippen LogP contribution in [0.3, 0.4) is 0 Å². The number of nitrogens with two attached hydrogens (primary N) is 1. The average Bonchev–Trinajstić information content (AvgIpc) is 2.58. The number of rotatable bonds is 4. The highest BCUT2D eigenvalue weighted by atomic mass is 35.5. The lowest BCUT2D eigenvalue weighted by Crippen LogP contribution is -2.18. The Morgan fingerprint density at radius 1 is 1.40 bits per heavy atom. The second-order valence-electron chi connectivity index (χ2n) is 5.21. The molecule has 0 saturated heterocycles. The summed E-state index contributed by atoms with van der Waals surface area (Å²) in [6.07, 6.45) is 0.721. The van der Waals surface area contributed by atoms with Crippen LogP contribution in [-0.4, -0.2) is 15.8 Å². The van der Waals surface area contributed by atoms with Crippen molar-refractivity contribution in [1.82, 2.24) is 9.78 Å². The summed E-state index contributed by atoms with van der Waals surface area (Å²) in [5.41, 5.74) is 8.95. The molecule has 0 spiro atoms. The summed E-state index contributed by atoms with van der Waals surface area (Å²) in [5.74, 6) is 1.33. The van der Waals surface area contributed by atoms with E-state index in [9.17, 15) is 0 Å². The summed E-state index contributed by atoms with van der Waals surface area (Å²) >= 11 is 6.22. The third kappa shape index (κ3) is 3.14. The molecule has 0 saturated carbocycles. The van der Waals surface area contributed by atoms with Gasteiger partial charge in [-0.2, -0.15) is 5.10 Å². The number of ether oxygens (including phenoxy) is 1. The van der Waals surface area contributed by atoms with Gasteiger partial charge < -0.3 is 10.5 Å². The van der Waals surface area contributed by atoms with E-state index in [1.54, 1.807) is 4.68 Å². The van der Waals surface area contributed by atoms with Crippen LogP contribution in [0.4, 0.5) is 0 Å². The molecular formula is C15H20ClN3O. The van der Waals surface area contributed by atoms with Crippen LogP contribution in [0.15, 0.2) is 18.2 Å². The Bertz CT molecular complexity index is 620. The van der Waals surface area contributed by atoms with Gasteiger partial charge in [0.25, 0.3) is 0 Å². The minimum absolute atomic E-state index is 0.0498. The normalized spacial score (nSPS) is 12.5. The van der Waals surface area contributed by atoms with Crippen LogP contribution in [0.25, 0.3) is 0 Å². The Kier molecular flexibility index (Phi) is 4.35. The molecule has 0 fully saturated rings. The van der Waals surface area contributed by atoms with Crippen LogP contribution in [0.5, 0.6) is 11.6 Å². The zero-order chi connectivity index (χ0) is 14.9. The van der Waals surface area contributed by atoms with Crippen LogP contribution in [-0.2, 0) is 13.5 Å². The zero-order valence-corrected chi connectivity index (χ0v) is 13.0. The predicted octanol–water partition coefficient (Wildman–Crippen LogP) is 3.37. The minimum Gasteiger partial charge on any atom is -0.437 e. The topological polar surface area (TPSA) is 53.1 Å². The molecule has 0 aliphatic carbocycles. The van der Waals surface area contributed by atoms with E-state index >= 15 is 0 Å². The van der Waals surface area contributed by atoms with Gasteiger partial charge in [0.2, 0.25) is 5.88 Å². The maximum atomic E-state index is 6.22. The first kappa shape index (κ1) is 14.9. The Labute approximate surface area is 124 Å². The Morgan fingerprint density at radius 2 is 2.10 bits per heavy atom. The Balaban J connectivity index is 2.37. The average molecular weight is 294 g/mol. The lowest BCUT2D eigenvalue weighted by molar-refractivity contribution is 0.424. The minimum atomic E-state index is 0.0498. The third-order valence-electron chi connectivity index (χ3n) is 3.11. The number of halogens is 1. The van der Waals surface area contributed by atoms with Crippen LogP contribution in [0.1, 0.15) is 23.7 Å². The molecule has 0 aliphatic rings. The van der Waals surface area contributed by atoms with Crippen LogP contribution >= 0.6 is 11.6 Å². The molecule has 1 unspecified atom stereocenters. The van der Waals surface area contributed by atoms with Crippen molar-refractivity contribution in [2.75, 3.05) is 0 Å². The number of nitrogens with zero attached hydrogens (tertiary/aromatic N) is 2. The van der Waals surface area contributed by atoms with E-state index in [0.29, 0.717) is 16.7 Å². The van der Waals surface area contributed by atoms with Crippen molar-refractivity contribution in [2.24, 2.45) is 12.8 Å².